The smallest absolute Gasteiger partial charge is 0.269 e. The van der Waals surface area contributed by atoms with Gasteiger partial charge in [-0.2, -0.15) is 0 Å². The fraction of sp³-hybridized carbons (Fsp3) is 0.167. The van der Waals surface area contributed by atoms with Gasteiger partial charge in [-0.15, -0.1) is 0 Å². The number of nitro benzene ring substituents is 1. The van der Waals surface area contributed by atoms with Crippen LogP contribution in [0.5, 0.6) is 0 Å². The van der Waals surface area contributed by atoms with Crippen molar-refractivity contribution >= 4 is 23.2 Å². The third kappa shape index (κ3) is 5.54. The fourth-order valence-electron chi connectivity index (χ4n) is 3.14. The number of nitro groups is 1. The molecule has 0 spiro atoms. The molecule has 7 nitrogen and oxygen atoms in total. The van der Waals surface area contributed by atoms with Crippen LogP contribution in [0, 0.1) is 10.1 Å². The Balaban J connectivity index is 1.66. The van der Waals surface area contributed by atoms with Crippen molar-refractivity contribution in [1.82, 2.24) is 4.90 Å². The van der Waals surface area contributed by atoms with Crippen molar-refractivity contribution < 1.29 is 14.5 Å². The van der Waals surface area contributed by atoms with Crippen molar-refractivity contribution in [1.29, 1.82) is 0 Å². The second-order valence-electron chi connectivity index (χ2n) is 7.23. The molecule has 1 unspecified atom stereocenters. The number of amides is 2. The largest absolute Gasteiger partial charge is 0.339 e. The van der Waals surface area contributed by atoms with E-state index in [1.165, 1.54) is 12.1 Å². The number of likely N-dealkylation sites (N-methyl/N-ethyl adjacent to an activating group) is 1. The van der Waals surface area contributed by atoms with Gasteiger partial charge in [0.1, 0.15) is 0 Å². The molecule has 0 heterocycles. The van der Waals surface area contributed by atoms with Gasteiger partial charge in [0, 0.05) is 30.4 Å². The van der Waals surface area contributed by atoms with Crippen molar-refractivity contribution in [3.63, 3.8) is 0 Å². The zero-order valence-electron chi connectivity index (χ0n) is 17.3. The van der Waals surface area contributed by atoms with Gasteiger partial charge in [0.2, 0.25) is 5.91 Å². The summed E-state index contributed by atoms with van der Waals surface area (Å²) < 4.78 is 0. The number of carbonyl (C=O) groups is 2. The third-order valence-electron chi connectivity index (χ3n) is 5.14. The lowest BCUT2D eigenvalue weighted by Gasteiger charge is -2.26. The number of non-ortho nitro benzene ring substituents is 1. The summed E-state index contributed by atoms with van der Waals surface area (Å²) in [7, 11) is 1.72. The third-order valence-corrected chi connectivity index (χ3v) is 5.14. The lowest BCUT2D eigenvalue weighted by Crippen LogP contribution is -2.31. The molecule has 1 N–H and O–H groups in total. The Kier molecular flexibility index (Phi) is 6.77. The first-order chi connectivity index (χ1) is 14.8. The summed E-state index contributed by atoms with van der Waals surface area (Å²) in [4.78, 5) is 37.0. The lowest BCUT2D eigenvalue weighted by molar-refractivity contribution is -0.384. The summed E-state index contributed by atoms with van der Waals surface area (Å²) in [5.41, 5.74) is 2.79. The summed E-state index contributed by atoms with van der Waals surface area (Å²) >= 11 is 0. The van der Waals surface area contributed by atoms with Crippen LogP contribution in [-0.4, -0.2) is 28.7 Å². The summed E-state index contributed by atoms with van der Waals surface area (Å²) in [5, 5.41) is 13.6. The molecule has 2 amide bonds. The second-order valence-corrected chi connectivity index (χ2v) is 7.23. The summed E-state index contributed by atoms with van der Waals surface area (Å²) in [6, 6.07) is 22.1. The molecule has 3 aromatic rings. The molecule has 158 valence electrons. The SMILES string of the molecule is CC(c1cccc(NC(=O)c2ccccc2)c1)N(C)C(=O)Cc1ccc([N+](=O)[O-])cc1. The monoisotopic (exact) mass is 417 g/mol. The van der Waals surface area contributed by atoms with Crippen LogP contribution in [0.15, 0.2) is 78.9 Å². The van der Waals surface area contributed by atoms with Crippen LogP contribution >= 0.6 is 0 Å². The predicted molar refractivity (Wildman–Crippen MR) is 119 cm³/mol. The molecular weight excluding hydrogens is 394 g/mol. The Morgan fingerprint density at radius 3 is 2.32 bits per heavy atom. The van der Waals surface area contributed by atoms with E-state index in [1.807, 2.05) is 31.2 Å². The van der Waals surface area contributed by atoms with Crippen molar-refractivity contribution in [3.05, 3.63) is 106 Å². The highest BCUT2D eigenvalue weighted by molar-refractivity contribution is 6.04. The number of nitrogens with one attached hydrogen (secondary N) is 1. The Morgan fingerprint density at radius 2 is 1.68 bits per heavy atom. The van der Waals surface area contributed by atoms with Gasteiger partial charge in [-0.25, -0.2) is 0 Å². The van der Waals surface area contributed by atoms with E-state index in [0.29, 0.717) is 16.8 Å². The summed E-state index contributed by atoms with van der Waals surface area (Å²) in [6.45, 7) is 1.91. The number of hydrogen-bond donors (Lipinski definition) is 1. The molecule has 31 heavy (non-hydrogen) atoms. The van der Waals surface area contributed by atoms with Crippen LogP contribution < -0.4 is 5.32 Å². The van der Waals surface area contributed by atoms with Gasteiger partial charge in [-0.05, 0) is 42.3 Å². The number of benzene rings is 3. The van der Waals surface area contributed by atoms with Crippen molar-refractivity contribution in [2.75, 3.05) is 12.4 Å². The van der Waals surface area contributed by atoms with Crippen LogP contribution in [0.3, 0.4) is 0 Å². The molecule has 0 bridgehead atoms. The zero-order chi connectivity index (χ0) is 22.4. The summed E-state index contributed by atoms with van der Waals surface area (Å²) in [5.74, 6) is -0.312. The first-order valence-corrected chi connectivity index (χ1v) is 9.80. The van der Waals surface area contributed by atoms with Crippen molar-refractivity contribution in [2.24, 2.45) is 0 Å². The average molecular weight is 417 g/mol. The molecule has 0 saturated heterocycles. The van der Waals surface area contributed by atoms with Crippen LogP contribution in [0.4, 0.5) is 11.4 Å². The van der Waals surface area contributed by atoms with E-state index < -0.39 is 4.92 Å². The quantitative estimate of drug-likeness (QED) is 0.449. The maximum absolute atomic E-state index is 12.7. The number of anilines is 1. The van der Waals surface area contributed by atoms with Gasteiger partial charge in [0.25, 0.3) is 11.6 Å². The molecule has 0 fully saturated rings. The van der Waals surface area contributed by atoms with Crippen molar-refractivity contribution in [2.45, 2.75) is 19.4 Å². The zero-order valence-corrected chi connectivity index (χ0v) is 17.3. The fourth-order valence-corrected chi connectivity index (χ4v) is 3.14. The van der Waals surface area contributed by atoms with Crippen molar-refractivity contribution in [3.8, 4) is 0 Å². The van der Waals surface area contributed by atoms with Crippen LogP contribution in [0.1, 0.15) is 34.5 Å². The minimum Gasteiger partial charge on any atom is -0.339 e. The topological polar surface area (TPSA) is 92.6 Å². The molecule has 0 aliphatic heterocycles. The molecule has 3 rings (SSSR count). The number of carbonyl (C=O) groups excluding carboxylic acids is 2. The van der Waals surface area contributed by atoms with Gasteiger partial charge < -0.3 is 10.2 Å². The average Bonchev–Trinajstić information content (AvgIpc) is 2.79. The maximum atomic E-state index is 12.7. The summed E-state index contributed by atoms with van der Waals surface area (Å²) in [6.07, 6.45) is 0.142. The molecular formula is C24H23N3O4. The van der Waals surface area contributed by atoms with E-state index in [0.717, 1.165) is 5.56 Å². The number of rotatable bonds is 7. The van der Waals surface area contributed by atoms with Gasteiger partial charge in [0.15, 0.2) is 0 Å². The lowest BCUT2D eigenvalue weighted by atomic mass is 10.0. The Labute approximate surface area is 180 Å². The molecule has 0 aliphatic carbocycles. The van der Waals surface area contributed by atoms with Crippen LogP contribution in [0.2, 0.25) is 0 Å². The van der Waals surface area contributed by atoms with Gasteiger partial charge in [0.05, 0.1) is 17.4 Å². The van der Waals surface area contributed by atoms with Crippen LogP contribution in [0.25, 0.3) is 0 Å². The molecule has 0 saturated carbocycles. The molecule has 0 aromatic heterocycles. The highest BCUT2D eigenvalue weighted by atomic mass is 16.6. The van der Waals surface area contributed by atoms with E-state index >= 15 is 0 Å². The highest BCUT2D eigenvalue weighted by Gasteiger charge is 2.19. The maximum Gasteiger partial charge on any atom is 0.269 e. The van der Waals surface area contributed by atoms with E-state index in [4.69, 9.17) is 0 Å². The minimum atomic E-state index is -0.469. The number of hydrogen-bond acceptors (Lipinski definition) is 4. The van der Waals surface area contributed by atoms with Crippen LogP contribution in [-0.2, 0) is 11.2 Å². The minimum absolute atomic E-state index is 0.00714. The Bertz CT molecular complexity index is 1080. The molecule has 0 radical (unpaired) electrons. The van der Waals surface area contributed by atoms with E-state index in [2.05, 4.69) is 5.32 Å². The van der Waals surface area contributed by atoms with Gasteiger partial charge in [-0.3, -0.25) is 19.7 Å². The van der Waals surface area contributed by atoms with Gasteiger partial charge >= 0.3 is 0 Å². The van der Waals surface area contributed by atoms with E-state index in [1.54, 1.807) is 54.4 Å². The van der Waals surface area contributed by atoms with E-state index in [9.17, 15) is 19.7 Å². The molecule has 3 aromatic carbocycles. The van der Waals surface area contributed by atoms with Gasteiger partial charge in [-0.1, -0.05) is 42.5 Å². The molecule has 1 atom stereocenters. The first-order valence-electron chi connectivity index (χ1n) is 9.80. The molecule has 7 heteroatoms. The number of nitrogens with zero attached hydrogens (tertiary/aromatic N) is 2. The highest BCUT2D eigenvalue weighted by Crippen LogP contribution is 2.23. The first kappa shape index (κ1) is 21.7. The normalized spacial score (nSPS) is 11.4. The second kappa shape index (κ2) is 9.67. The Hall–Kier alpha value is -4.00. The predicted octanol–water partition coefficient (Wildman–Crippen LogP) is 4.61. The standard InChI is InChI=1S/C24H23N3O4/c1-17(26(2)23(28)15-18-11-13-22(14-12-18)27(30)31)20-9-6-10-21(16-20)25-24(29)19-7-4-3-5-8-19/h3-14,16-17H,15H2,1-2H3,(H,25,29). The Morgan fingerprint density at radius 1 is 1.00 bits per heavy atom. The van der Waals surface area contributed by atoms with E-state index in [-0.39, 0.29) is 30.0 Å². The molecule has 0 aliphatic rings.